The van der Waals surface area contributed by atoms with Gasteiger partial charge in [0.25, 0.3) is 0 Å². The van der Waals surface area contributed by atoms with Gasteiger partial charge in [-0.25, -0.2) is 9.59 Å². The minimum Gasteiger partial charge on any atom is -0.334 e. The number of urea groups is 2. The van der Waals surface area contributed by atoms with Crippen molar-refractivity contribution in [3.63, 3.8) is 0 Å². The summed E-state index contributed by atoms with van der Waals surface area (Å²) in [4.78, 5) is 23.5. The van der Waals surface area contributed by atoms with Gasteiger partial charge >= 0.3 is 12.1 Å². The molecule has 25 heavy (non-hydrogen) atoms. The van der Waals surface area contributed by atoms with Crippen molar-refractivity contribution < 1.29 is 9.59 Å². The summed E-state index contributed by atoms with van der Waals surface area (Å²) in [6.07, 6.45) is 0. The molecule has 2 aromatic rings. The van der Waals surface area contributed by atoms with Gasteiger partial charge in [0.1, 0.15) is 5.69 Å². The average molecular weight is 337 g/mol. The van der Waals surface area contributed by atoms with Gasteiger partial charge in [-0.05, 0) is 28.7 Å². The van der Waals surface area contributed by atoms with Crippen LogP contribution in [0.1, 0.15) is 31.9 Å². The van der Waals surface area contributed by atoms with Gasteiger partial charge in [-0.2, -0.15) is 5.32 Å². The SMILES string of the molecule is CC(C)(C)c1ccc(CNC(=O)Nc2cccc3c2[N]C(=O)N3)cc1. The minimum absolute atomic E-state index is 0.103. The van der Waals surface area contributed by atoms with E-state index in [1.807, 2.05) is 12.1 Å². The molecule has 1 radical (unpaired) electrons. The first-order valence-corrected chi connectivity index (χ1v) is 8.13. The van der Waals surface area contributed by atoms with Crippen LogP contribution in [0.5, 0.6) is 0 Å². The van der Waals surface area contributed by atoms with Crippen molar-refractivity contribution in [1.82, 2.24) is 10.6 Å². The van der Waals surface area contributed by atoms with E-state index in [0.717, 1.165) is 5.56 Å². The number of benzene rings is 2. The highest BCUT2D eigenvalue weighted by atomic mass is 16.2. The standard InChI is InChI=1S/C19H21N4O2/c1-19(2,3)13-9-7-12(8-10-13)11-20-17(24)21-14-5-4-6-15-16(14)23-18(25)22-15/h4-10H,11H2,1-3H3,(H,22,25)(H2,20,21,24). The van der Waals surface area contributed by atoms with Crippen LogP contribution >= 0.6 is 0 Å². The van der Waals surface area contributed by atoms with E-state index in [4.69, 9.17) is 0 Å². The Morgan fingerprint density at radius 2 is 1.84 bits per heavy atom. The van der Waals surface area contributed by atoms with Gasteiger partial charge in [-0.3, -0.25) is 0 Å². The molecule has 6 heteroatoms. The lowest BCUT2D eigenvalue weighted by atomic mass is 9.87. The number of rotatable bonds is 3. The fourth-order valence-electron chi connectivity index (χ4n) is 2.58. The summed E-state index contributed by atoms with van der Waals surface area (Å²) in [5, 5.41) is 12.0. The highest BCUT2D eigenvalue weighted by Gasteiger charge is 2.22. The molecule has 0 atom stereocenters. The molecule has 3 rings (SSSR count). The maximum absolute atomic E-state index is 12.1. The molecular weight excluding hydrogens is 316 g/mol. The first kappa shape index (κ1) is 16.8. The normalized spacial score (nSPS) is 12.8. The number of nitrogens with zero attached hydrogens (tertiary/aromatic N) is 1. The molecule has 0 aliphatic carbocycles. The van der Waals surface area contributed by atoms with Gasteiger partial charge in [0, 0.05) is 6.54 Å². The Bertz CT molecular complexity index is 807. The van der Waals surface area contributed by atoms with Crippen LogP contribution in [-0.4, -0.2) is 12.1 Å². The van der Waals surface area contributed by atoms with E-state index in [2.05, 4.69) is 54.2 Å². The minimum atomic E-state index is -0.427. The van der Waals surface area contributed by atoms with Crippen molar-refractivity contribution >= 4 is 29.1 Å². The van der Waals surface area contributed by atoms with E-state index in [1.165, 1.54) is 5.56 Å². The Balaban J connectivity index is 1.59. The van der Waals surface area contributed by atoms with E-state index < -0.39 is 6.03 Å². The van der Waals surface area contributed by atoms with Gasteiger partial charge in [-0.15, -0.1) is 0 Å². The molecule has 0 spiro atoms. The molecule has 0 unspecified atom stereocenters. The molecule has 4 amide bonds. The zero-order chi connectivity index (χ0) is 18.0. The molecule has 0 aromatic heterocycles. The number of anilines is 2. The van der Waals surface area contributed by atoms with Crippen LogP contribution in [0, 0.1) is 0 Å². The topological polar surface area (TPSA) is 84.3 Å². The lowest BCUT2D eigenvalue weighted by Crippen LogP contribution is -2.28. The summed E-state index contributed by atoms with van der Waals surface area (Å²) in [5.74, 6) is 0. The summed E-state index contributed by atoms with van der Waals surface area (Å²) in [6, 6.07) is 12.6. The number of hydrogen-bond donors (Lipinski definition) is 3. The maximum atomic E-state index is 12.1. The first-order chi connectivity index (χ1) is 11.8. The second kappa shape index (κ2) is 6.47. The molecule has 0 saturated heterocycles. The van der Waals surface area contributed by atoms with Crippen LogP contribution < -0.4 is 21.3 Å². The molecule has 1 heterocycles. The zero-order valence-corrected chi connectivity index (χ0v) is 14.5. The Morgan fingerprint density at radius 3 is 2.52 bits per heavy atom. The van der Waals surface area contributed by atoms with Crippen LogP contribution in [0.4, 0.5) is 26.7 Å². The Labute approximate surface area is 147 Å². The monoisotopic (exact) mass is 337 g/mol. The van der Waals surface area contributed by atoms with Crippen molar-refractivity contribution in [3.05, 3.63) is 53.6 Å². The summed E-state index contributed by atoms with van der Waals surface area (Å²) < 4.78 is 0. The number of fused-ring (bicyclic) bond motifs is 1. The number of nitrogens with one attached hydrogen (secondary N) is 3. The largest absolute Gasteiger partial charge is 0.346 e. The number of carbonyl (C=O) groups is 2. The average Bonchev–Trinajstić information content (AvgIpc) is 2.94. The van der Waals surface area contributed by atoms with Crippen LogP contribution in [0.25, 0.3) is 0 Å². The highest BCUT2D eigenvalue weighted by molar-refractivity contribution is 6.07. The third-order valence-corrected chi connectivity index (χ3v) is 4.01. The summed E-state index contributed by atoms with van der Waals surface area (Å²) >= 11 is 0. The van der Waals surface area contributed by atoms with E-state index in [1.54, 1.807) is 18.2 Å². The molecule has 0 saturated carbocycles. The van der Waals surface area contributed by atoms with Crippen molar-refractivity contribution in [2.75, 3.05) is 10.6 Å². The van der Waals surface area contributed by atoms with Crippen molar-refractivity contribution in [2.45, 2.75) is 32.7 Å². The number of hydrogen-bond acceptors (Lipinski definition) is 2. The van der Waals surface area contributed by atoms with Gasteiger partial charge in [0.2, 0.25) is 0 Å². The molecule has 1 aliphatic heterocycles. The molecule has 0 fully saturated rings. The first-order valence-electron chi connectivity index (χ1n) is 8.13. The summed E-state index contributed by atoms with van der Waals surface area (Å²) in [6.45, 7) is 6.91. The van der Waals surface area contributed by atoms with Gasteiger partial charge in [0.15, 0.2) is 0 Å². The van der Waals surface area contributed by atoms with Gasteiger partial charge in [-0.1, -0.05) is 51.1 Å². The van der Waals surface area contributed by atoms with Crippen LogP contribution in [0.15, 0.2) is 42.5 Å². The Morgan fingerprint density at radius 1 is 1.12 bits per heavy atom. The maximum Gasteiger partial charge on any atom is 0.346 e. The lowest BCUT2D eigenvalue weighted by Gasteiger charge is -2.19. The van der Waals surface area contributed by atoms with Crippen molar-refractivity contribution in [1.29, 1.82) is 0 Å². The molecule has 0 bridgehead atoms. The number of amides is 4. The Hall–Kier alpha value is -3.02. The van der Waals surface area contributed by atoms with E-state index in [0.29, 0.717) is 23.6 Å². The van der Waals surface area contributed by atoms with Gasteiger partial charge in [0.05, 0.1) is 11.4 Å². The highest BCUT2D eigenvalue weighted by Crippen LogP contribution is 2.34. The van der Waals surface area contributed by atoms with Crippen molar-refractivity contribution in [3.8, 4) is 0 Å². The van der Waals surface area contributed by atoms with Gasteiger partial charge < -0.3 is 16.0 Å². The third kappa shape index (κ3) is 3.91. The smallest absolute Gasteiger partial charge is 0.334 e. The number of carbonyl (C=O) groups excluding carboxylic acids is 2. The number of para-hydroxylation sites is 1. The second-order valence-corrected chi connectivity index (χ2v) is 7.00. The lowest BCUT2D eigenvalue weighted by molar-refractivity contribution is 0.251. The summed E-state index contributed by atoms with van der Waals surface area (Å²) in [5.41, 5.74) is 3.92. The molecule has 6 nitrogen and oxygen atoms in total. The molecule has 129 valence electrons. The second-order valence-electron chi connectivity index (χ2n) is 7.00. The summed E-state index contributed by atoms with van der Waals surface area (Å²) in [7, 11) is 0. The molecule has 3 N–H and O–H groups in total. The van der Waals surface area contributed by atoms with Crippen molar-refractivity contribution in [2.24, 2.45) is 0 Å². The van der Waals surface area contributed by atoms with Crippen LogP contribution in [0.2, 0.25) is 0 Å². The van der Waals surface area contributed by atoms with E-state index in [-0.39, 0.29) is 11.4 Å². The third-order valence-electron chi connectivity index (χ3n) is 4.01. The molecule has 1 aliphatic rings. The van der Waals surface area contributed by atoms with E-state index >= 15 is 0 Å². The zero-order valence-electron chi connectivity index (χ0n) is 14.5. The van der Waals surface area contributed by atoms with E-state index in [9.17, 15) is 9.59 Å². The molecule has 2 aromatic carbocycles. The quantitative estimate of drug-likeness (QED) is 0.788. The predicted molar refractivity (Wildman–Crippen MR) is 98.3 cm³/mol. The molecular formula is C19H21N4O2. The van der Waals surface area contributed by atoms with Crippen LogP contribution in [0.3, 0.4) is 0 Å². The fourth-order valence-corrected chi connectivity index (χ4v) is 2.58. The Kier molecular flexibility index (Phi) is 4.35. The predicted octanol–water partition coefficient (Wildman–Crippen LogP) is 4.09. The van der Waals surface area contributed by atoms with Crippen LogP contribution in [-0.2, 0) is 12.0 Å². The fraction of sp³-hybridized carbons (Fsp3) is 0.263.